The fourth-order valence-corrected chi connectivity index (χ4v) is 3.87. The van der Waals surface area contributed by atoms with Gasteiger partial charge in [-0.05, 0) is 67.4 Å². The van der Waals surface area contributed by atoms with E-state index in [4.69, 9.17) is 12.2 Å². The van der Waals surface area contributed by atoms with E-state index >= 15 is 0 Å². The summed E-state index contributed by atoms with van der Waals surface area (Å²) < 4.78 is 0. The Morgan fingerprint density at radius 2 is 1.93 bits per heavy atom. The van der Waals surface area contributed by atoms with Crippen molar-refractivity contribution in [2.75, 3.05) is 16.8 Å². The third-order valence-electron chi connectivity index (χ3n) is 5.32. The van der Waals surface area contributed by atoms with Crippen molar-refractivity contribution in [1.82, 2.24) is 4.90 Å². The minimum absolute atomic E-state index is 0.0802. The van der Waals surface area contributed by atoms with E-state index in [1.807, 2.05) is 56.3 Å². The second-order valence-corrected chi connectivity index (χ2v) is 7.88. The van der Waals surface area contributed by atoms with E-state index in [2.05, 4.69) is 18.8 Å². The van der Waals surface area contributed by atoms with Gasteiger partial charge in [-0.25, -0.2) is 4.90 Å². The van der Waals surface area contributed by atoms with Crippen molar-refractivity contribution in [3.8, 4) is 0 Å². The average Bonchev–Trinajstić information content (AvgIpc) is 3.02. The predicted molar refractivity (Wildman–Crippen MR) is 126 cm³/mol. The molecule has 3 rings (SSSR count). The lowest BCUT2D eigenvalue weighted by Crippen LogP contribution is -2.47. The molecule has 1 saturated heterocycles. The molecule has 30 heavy (non-hydrogen) atoms. The molecule has 1 aliphatic rings. The largest absolute Gasteiger partial charge is 0.333 e. The lowest BCUT2D eigenvalue weighted by molar-refractivity contribution is -0.122. The van der Waals surface area contributed by atoms with Crippen LogP contribution in [0.2, 0.25) is 0 Å². The molecule has 2 aromatic rings. The number of hydrogen-bond acceptors (Lipinski definition) is 3. The smallest absolute Gasteiger partial charge is 0.257 e. The Bertz CT molecular complexity index is 984. The summed E-state index contributed by atoms with van der Waals surface area (Å²) in [4.78, 5) is 28.9. The molecule has 1 aliphatic heterocycles. The highest BCUT2D eigenvalue weighted by Crippen LogP contribution is 2.27. The lowest BCUT2D eigenvalue weighted by Gasteiger charge is -2.29. The number of rotatable bonds is 6. The Hall–Kier alpha value is -2.99. The summed E-state index contributed by atoms with van der Waals surface area (Å²) in [6.07, 6.45) is 2.67. The molecule has 5 nitrogen and oxygen atoms in total. The SMILES string of the molecule is C=CCN(C(=S)Nc1cc(C)ccc1C)C1CC(=O)N(c2ccc(CC)cc2)C1=O. The zero-order valence-corrected chi connectivity index (χ0v) is 18.5. The van der Waals surface area contributed by atoms with Gasteiger partial charge in [0.15, 0.2) is 5.11 Å². The van der Waals surface area contributed by atoms with Crippen molar-refractivity contribution < 1.29 is 9.59 Å². The van der Waals surface area contributed by atoms with Gasteiger partial charge in [0.2, 0.25) is 5.91 Å². The third-order valence-corrected chi connectivity index (χ3v) is 5.66. The number of amides is 2. The summed E-state index contributed by atoms with van der Waals surface area (Å²) in [5, 5.41) is 3.65. The Balaban J connectivity index is 1.83. The van der Waals surface area contributed by atoms with Gasteiger partial charge in [-0.3, -0.25) is 9.59 Å². The number of thiocarbonyl (C=S) groups is 1. The molecule has 2 aromatic carbocycles. The highest BCUT2D eigenvalue weighted by Gasteiger charge is 2.43. The van der Waals surface area contributed by atoms with Crippen molar-refractivity contribution in [2.45, 2.75) is 39.7 Å². The molecule has 2 amide bonds. The Kier molecular flexibility index (Phi) is 6.67. The monoisotopic (exact) mass is 421 g/mol. The van der Waals surface area contributed by atoms with Crippen molar-refractivity contribution >= 4 is 40.5 Å². The fraction of sp³-hybridized carbons (Fsp3) is 0.292. The molecule has 1 fully saturated rings. The van der Waals surface area contributed by atoms with Crippen LogP contribution in [-0.4, -0.2) is 34.4 Å². The maximum atomic E-state index is 13.2. The van der Waals surface area contributed by atoms with E-state index < -0.39 is 6.04 Å². The maximum Gasteiger partial charge on any atom is 0.257 e. The number of imide groups is 1. The molecule has 0 bridgehead atoms. The summed E-state index contributed by atoms with van der Waals surface area (Å²) in [5.74, 6) is -0.492. The van der Waals surface area contributed by atoms with Crippen molar-refractivity contribution in [2.24, 2.45) is 0 Å². The molecule has 1 unspecified atom stereocenters. The average molecular weight is 422 g/mol. The van der Waals surface area contributed by atoms with Gasteiger partial charge in [0.25, 0.3) is 5.91 Å². The van der Waals surface area contributed by atoms with Crippen LogP contribution in [0, 0.1) is 13.8 Å². The summed E-state index contributed by atoms with van der Waals surface area (Å²) in [5.41, 5.74) is 4.79. The number of benzene rings is 2. The first-order valence-corrected chi connectivity index (χ1v) is 10.5. The highest BCUT2D eigenvalue weighted by molar-refractivity contribution is 7.80. The van der Waals surface area contributed by atoms with Gasteiger partial charge in [0.1, 0.15) is 6.04 Å². The number of carbonyl (C=O) groups is 2. The maximum absolute atomic E-state index is 13.2. The van der Waals surface area contributed by atoms with Gasteiger partial charge < -0.3 is 10.2 Å². The quantitative estimate of drug-likeness (QED) is 0.426. The first kappa shape index (κ1) is 21.7. The van der Waals surface area contributed by atoms with Gasteiger partial charge in [-0.15, -0.1) is 6.58 Å². The van der Waals surface area contributed by atoms with E-state index in [1.165, 1.54) is 4.90 Å². The third kappa shape index (κ3) is 4.44. The zero-order chi connectivity index (χ0) is 21.8. The van der Waals surface area contributed by atoms with Crippen LogP contribution in [-0.2, 0) is 16.0 Å². The number of carbonyl (C=O) groups excluding carboxylic acids is 2. The fourth-order valence-electron chi connectivity index (χ4n) is 3.56. The normalized spacial score (nSPS) is 16.0. The standard InChI is InChI=1S/C24H27N3O2S/c1-5-13-26(24(30)25-20-14-16(3)7-8-17(20)4)21-15-22(28)27(23(21)29)19-11-9-18(6-2)10-12-19/h5,7-12,14,21H,1,6,13,15H2,2-4H3,(H,25,30). The first-order chi connectivity index (χ1) is 14.3. The first-order valence-electron chi connectivity index (χ1n) is 10.1. The minimum atomic E-state index is -0.661. The van der Waals surface area contributed by atoms with Crippen molar-refractivity contribution in [3.05, 3.63) is 71.8 Å². The molecule has 6 heteroatoms. The molecular formula is C24H27N3O2S. The lowest BCUT2D eigenvalue weighted by atomic mass is 10.1. The highest BCUT2D eigenvalue weighted by atomic mass is 32.1. The molecule has 156 valence electrons. The topological polar surface area (TPSA) is 52.7 Å². The second kappa shape index (κ2) is 9.22. The zero-order valence-electron chi connectivity index (χ0n) is 17.6. The van der Waals surface area contributed by atoms with Crippen LogP contribution in [0.1, 0.15) is 30.0 Å². The molecule has 0 spiro atoms. The van der Waals surface area contributed by atoms with Gasteiger partial charge in [-0.1, -0.05) is 37.3 Å². The second-order valence-electron chi connectivity index (χ2n) is 7.50. The number of hydrogen-bond donors (Lipinski definition) is 1. The summed E-state index contributed by atoms with van der Waals surface area (Å²) in [6.45, 7) is 10.2. The Morgan fingerprint density at radius 1 is 1.23 bits per heavy atom. The van der Waals surface area contributed by atoms with E-state index in [0.717, 1.165) is 28.8 Å². The molecule has 0 saturated carbocycles. The van der Waals surface area contributed by atoms with Crippen LogP contribution in [0.15, 0.2) is 55.1 Å². The Morgan fingerprint density at radius 3 is 2.57 bits per heavy atom. The molecule has 1 atom stereocenters. The summed E-state index contributed by atoms with van der Waals surface area (Å²) in [6, 6.07) is 12.9. The molecule has 0 aromatic heterocycles. The molecule has 0 aliphatic carbocycles. The van der Waals surface area contributed by atoms with E-state index in [1.54, 1.807) is 11.0 Å². The van der Waals surface area contributed by atoms with E-state index in [-0.39, 0.29) is 18.2 Å². The molecular weight excluding hydrogens is 394 g/mol. The van der Waals surface area contributed by atoms with Crippen LogP contribution in [0.5, 0.6) is 0 Å². The van der Waals surface area contributed by atoms with Crippen LogP contribution >= 0.6 is 12.2 Å². The number of nitrogens with one attached hydrogen (secondary N) is 1. The Labute approximate surface area is 183 Å². The number of nitrogens with zero attached hydrogens (tertiary/aromatic N) is 2. The van der Waals surface area contributed by atoms with Crippen molar-refractivity contribution in [1.29, 1.82) is 0 Å². The van der Waals surface area contributed by atoms with Gasteiger partial charge in [0, 0.05) is 12.2 Å². The van der Waals surface area contributed by atoms with Crippen LogP contribution in [0.3, 0.4) is 0 Å². The summed E-state index contributed by atoms with van der Waals surface area (Å²) in [7, 11) is 0. The van der Waals surface area contributed by atoms with E-state index in [9.17, 15) is 9.59 Å². The minimum Gasteiger partial charge on any atom is -0.333 e. The van der Waals surface area contributed by atoms with Crippen LogP contribution < -0.4 is 10.2 Å². The van der Waals surface area contributed by atoms with E-state index in [0.29, 0.717) is 17.3 Å². The van der Waals surface area contributed by atoms with Gasteiger partial charge >= 0.3 is 0 Å². The number of aryl methyl sites for hydroxylation is 3. The molecule has 0 radical (unpaired) electrons. The predicted octanol–water partition coefficient (Wildman–Crippen LogP) is 4.38. The molecule has 1 heterocycles. The van der Waals surface area contributed by atoms with Crippen LogP contribution in [0.4, 0.5) is 11.4 Å². The van der Waals surface area contributed by atoms with Crippen LogP contribution in [0.25, 0.3) is 0 Å². The van der Waals surface area contributed by atoms with Gasteiger partial charge in [-0.2, -0.15) is 0 Å². The summed E-state index contributed by atoms with van der Waals surface area (Å²) >= 11 is 5.63. The molecule has 1 N–H and O–H groups in total. The van der Waals surface area contributed by atoms with Crippen molar-refractivity contribution in [3.63, 3.8) is 0 Å². The number of anilines is 2. The van der Waals surface area contributed by atoms with Gasteiger partial charge in [0.05, 0.1) is 12.1 Å².